The van der Waals surface area contributed by atoms with E-state index in [2.05, 4.69) is 0 Å². The van der Waals surface area contributed by atoms with Crippen molar-refractivity contribution in [2.24, 2.45) is 0 Å². The minimum absolute atomic E-state index is 0.134. The summed E-state index contributed by atoms with van der Waals surface area (Å²) < 4.78 is 17.5. The van der Waals surface area contributed by atoms with Crippen LogP contribution in [0.15, 0.2) is 0 Å². The molecule has 12 heavy (non-hydrogen) atoms. The van der Waals surface area contributed by atoms with Crippen LogP contribution in [-0.4, -0.2) is 35.4 Å². The zero-order valence-electron chi connectivity index (χ0n) is 7.59. The van der Waals surface area contributed by atoms with Crippen LogP contribution in [0, 0.1) is 0 Å². The van der Waals surface area contributed by atoms with Crippen LogP contribution in [0.5, 0.6) is 0 Å². The van der Waals surface area contributed by atoms with E-state index in [1.807, 2.05) is 0 Å². The van der Waals surface area contributed by atoms with E-state index in [0.29, 0.717) is 0 Å². The van der Waals surface area contributed by atoms with Gasteiger partial charge in [0, 0.05) is 19.4 Å². The Morgan fingerprint density at radius 3 is 2.42 bits per heavy atom. The second kappa shape index (κ2) is 5.45. The molecule has 0 aliphatic carbocycles. The molecule has 4 heteroatoms. The van der Waals surface area contributed by atoms with Crippen molar-refractivity contribution in [2.45, 2.75) is 38.6 Å². The van der Waals surface area contributed by atoms with Crippen LogP contribution in [-0.2, 0) is 4.74 Å². The smallest absolute Gasteiger partial charge is 0.159 e. The van der Waals surface area contributed by atoms with Gasteiger partial charge in [0.05, 0.1) is 6.61 Å². The maximum atomic E-state index is 12.7. The molecule has 0 saturated carbocycles. The van der Waals surface area contributed by atoms with Gasteiger partial charge in [-0.05, 0) is 13.8 Å². The number of hydrogen-bond acceptors (Lipinski definition) is 3. The van der Waals surface area contributed by atoms with Gasteiger partial charge < -0.3 is 14.9 Å². The molecule has 0 aromatic rings. The van der Waals surface area contributed by atoms with Crippen molar-refractivity contribution in [3.63, 3.8) is 0 Å². The molecule has 0 rings (SSSR count). The molecule has 0 aromatic carbocycles. The Balaban J connectivity index is 3.31. The Hall–Kier alpha value is -0.190. The summed E-state index contributed by atoms with van der Waals surface area (Å²) in [6, 6.07) is 0. The molecule has 74 valence electrons. The van der Waals surface area contributed by atoms with Crippen molar-refractivity contribution in [1.29, 1.82) is 0 Å². The summed E-state index contributed by atoms with van der Waals surface area (Å²) in [5.41, 5.74) is 0. The van der Waals surface area contributed by atoms with E-state index in [9.17, 15) is 4.39 Å². The van der Waals surface area contributed by atoms with E-state index in [0.717, 1.165) is 0 Å². The molecule has 1 unspecified atom stereocenters. The zero-order valence-corrected chi connectivity index (χ0v) is 7.59. The third-order valence-corrected chi connectivity index (χ3v) is 1.33. The second-order valence-electron chi connectivity index (χ2n) is 3.19. The first-order valence-corrected chi connectivity index (χ1v) is 4.07. The lowest BCUT2D eigenvalue weighted by Gasteiger charge is -2.18. The number of rotatable bonds is 6. The number of ether oxygens (including phenoxy) is 1. The van der Waals surface area contributed by atoms with E-state index < -0.39 is 12.0 Å². The van der Waals surface area contributed by atoms with Crippen molar-refractivity contribution in [3.05, 3.63) is 0 Å². The lowest BCUT2D eigenvalue weighted by atomic mass is 10.2. The van der Waals surface area contributed by atoms with E-state index in [1.54, 1.807) is 0 Å². The third-order valence-electron chi connectivity index (χ3n) is 1.33. The number of alkyl halides is 1. The molecule has 0 spiro atoms. The Labute approximate surface area is 72.2 Å². The average molecular weight is 180 g/mol. The first kappa shape index (κ1) is 11.8. The fraction of sp³-hybridized carbons (Fsp3) is 1.00. The number of halogens is 1. The Morgan fingerprint density at radius 1 is 1.42 bits per heavy atom. The SMILES string of the molecule is CC(C)(O)OCCC(F)CCO. The van der Waals surface area contributed by atoms with Crippen LogP contribution in [0.4, 0.5) is 4.39 Å². The normalized spacial score (nSPS) is 14.8. The summed E-state index contributed by atoms with van der Waals surface area (Å²) >= 11 is 0. The summed E-state index contributed by atoms with van der Waals surface area (Å²) in [7, 11) is 0. The maximum absolute atomic E-state index is 12.7. The van der Waals surface area contributed by atoms with Gasteiger partial charge >= 0.3 is 0 Å². The minimum atomic E-state index is -1.20. The van der Waals surface area contributed by atoms with Crippen LogP contribution < -0.4 is 0 Å². The minimum Gasteiger partial charge on any atom is -0.396 e. The van der Waals surface area contributed by atoms with Crippen molar-refractivity contribution in [3.8, 4) is 0 Å². The molecule has 0 aliphatic rings. The molecular formula is C8H17FO3. The molecule has 0 saturated heterocycles. The van der Waals surface area contributed by atoms with Gasteiger partial charge in [-0.15, -0.1) is 0 Å². The monoisotopic (exact) mass is 180 g/mol. The van der Waals surface area contributed by atoms with Crippen molar-refractivity contribution < 1.29 is 19.3 Å². The summed E-state index contributed by atoms with van der Waals surface area (Å²) in [5, 5.41) is 17.4. The standard InChI is InChI=1S/C8H17FO3/c1-8(2,11)12-6-4-7(9)3-5-10/h7,10-11H,3-6H2,1-2H3. The van der Waals surface area contributed by atoms with Crippen molar-refractivity contribution >= 4 is 0 Å². The highest BCUT2D eigenvalue weighted by molar-refractivity contribution is 4.56. The lowest BCUT2D eigenvalue weighted by molar-refractivity contribution is -0.178. The zero-order chi connectivity index (χ0) is 9.61. The first-order valence-electron chi connectivity index (χ1n) is 4.07. The summed E-state index contributed by atoms with van der Waals surface area (Å²) in [6.45, 7) is 3.01. The number of aliphatic hydroxyl groups is 2. The predicted octanol–water partition coefficient (Wildman–Crippen LogP) is 0.842. The van der Waals surface area contributed by atoms with Gasteiger partial charge in [0.2, 0.25) is 0 Å². The Kier molecular flexibility index (Phi) is 5.37. The largest absolute Gasteiger partial charge is 0.396 e. The maximum Gasteiger partial charge on any atom is 0.159 e. The molecule has 0 aromatic heterocycles. The average Bonchev–Trinajstić information content (AvgIpc) is 1.84. The molecule has 0 heterocycles. The molecule has 1 atom stereocenters. The quantitative estimate of drug-likeness (QED) is 0.595. The molecular weight excluding hydrogens is 163 g/mol. The molecule has 0 amide bonds. The highest BCUT2D eigenvalue weighted by Crippen LogP contribution is 2.08. The van der Waals surface area contributed by atoms with E-state index >= 15 is 0 Å². The van der Waals surface area contributed by atoms with Crippen LogP contribution in [0.1, 0.15) is 26.7 Å². The van der Waals surface area contributed by atoms with Gasteiger partial charge in [0.15, 0.2) is 5.79 Å². The second-order valence-corrected chi connectivity index (χ2v) is 3.19. The van der Waals surface area contributed by atoms with Crippen molar-refractivity contribution in [1.82, 2.24) is 0 Å². The lowest BCUT2D eigenvalue weighted by Crippen LogP contribution is -2.24. The molecule has 2 N–H and O–H groups in total. The van der Waals surface area contributed by atoms with Crippen LogP contribution in [0.25, 0.3) is 0 Å². The van der Waals surface area contributed by atoms with Gasteiger partial charge in [-0.3, -0.25) is 0 Å². The van der Waals surface area contributed by atoms with Gasteiger partial charge in [-0.1, -0.05) is 0 Å². The highest BCUT2D eigenvalue weighted by Gasteiger charge is 2.13. The molecule has 3 nitrogen and oxygen atoms in total. The van der Waals surface area contributed by atoms with Crippen LogP contribution >= 0.6 is 0 Å². The van der Waals surface area contributed by atoms with Crippen LogP contribution in [0.2, 0.25) is 0 Å². The number of aliphatic hydroxyl groups excluding tert-OH is 1. The van der Waals surface area contributed by atoms with Gasteiger partial charge in [0.25, 0.3) is 0 Å². The summed E-state index contributed by atoms with van der Waals surface area (Å²) in [5.74, 6) is -1.20. The van der Waals surface area contributed by atoms with Gasteiger partial charge in [0.1, 0.15) is 6.17 Å². The first-order chi connectivity index (χ1) is 5.45. The topological polar surface area (TPSA) is 49.7 Å². The van der Waals surface area contributed by atoms with Crippen molar-refractivity contribution in [2.75, 3.05) is 13.2 Å². The molecule has 0 fully saturated rings. The molecule has 0 aliphatic heterocycles. The third kappa shape index (κ3) is 7.91. The Morgan fingerprint density at radius 2 is 2.00 bits per heavy atom. The van der Waals surface area contributed by atoms with E-state index in [-0.39, 0.29) is 26.1 Å². The fourth-order valence-electron chi connectivity index (χ4n) is 0.721. The molecule has 0 radical (unpaired) electrons. The van der Waals surface area contributed by atoms with Gasteiger partial charge in [-0.25, -0.2) is 4.39 Å². The predicted molar refractivity (Wildman–Crippen MR) is 43.5 cm³/mol. The highest BCUT2D eigenvalue weighted by atomic mass is 19.1. The Bertz CT molecular complexity index is 111. The summed E-state index contributed by atoms with van der Waals surface area (Å²) in [6.07, 6.45) is -0.697. The summed E-state index contributed by atoms with van der Waals surface area (Å²) in [4.78, 5) is 0. The molecule has 0 bridgehead atoms. The fourth-order valence-corrected chi connectivity index (χ4v) is 0.721. The van der Waals surface area contributed by atoms with Crippen LogP contribution in [0.3, 0.4) is 0 Å². The number of hydrogen-bond donors (Lipinski definition) is 2. The van der Waals surface area contributed by atoms with Gasteiger partial charge in [-0.2, -0.15) is 0 Å². The van der Waals surface area contributed by atoms with E-state index in [1.165, 1.54) is 13.8 Å². The van der Waals surface area contributed by atoms with E-state index in [4.69, 9.17) is 14.9 Å².